The zero-order valence-corrected chi connectivity index (χ0v) is 13.8. The van der Waals surface area contributed by atoms with Crippen molar-refractivity contribution in [1.29, 1.82) is 0 Å². The third-order valence-corrected chi connectivity index (χ3v) is 3.82. The van der Waals surface area contributed by atoms with E-state index in [4.69, 9.17) is 0 Å². The summed E-state index contributed by atoms with van der Waals surface area (Å²) in [5.41, 5.74) is -8.19. The summed E-state index contributed by atoms with van der Waals surface area (Å²) >= 11 is 0. The largest absolute Gasteiger partial charge is 0.460 e. The normalized spacial score (nSPS) is 26.3. The molecule has 2 nitrogen and oxygen atoms in total. The van der Waals surface area contributed by atoms with Gasteiger partial charge in [-0.3, -0.25) is 0 Å². The highest BCUT2D eigenvalue weighted by atomic mass is 19.4. The molecule has 0 amide bonds. The molecule has 1 aliphatic rings. The fourth-order valence-corrected chi connectivity index (χ4v) is 1.97. The average Bonchev–Trinajstić information content (AvgIpc) is 3.24. The Morgan fingerprint density at radius 1 is 0.424 bits per heavy atom. The molecule has 0 saturated carbocycles. The van der Waals surface area contributed by atoms with Crippen LogP contribution in [0.15, 0.2) is 0 Å². The molecule has 0 radical (unpaired) electrons. The van der Waals surface area contributed by atoms with Crippen molar-refractivity contribution >= 4 is 0 Å². The van der Waals surface area contributed by atoms with Crippen LogP contribution >= 0.6 is 0 Å². The van der Waals surface area contributed by atoms with Gasteiger partial charge >= 0.3 is 59.9 Å². The lowest BCUT2D eigenvalue weighted by molar-refractivity contribution is -0.442. The Morgan fingerprint density at radius 3 is 1.03 bits per heavy atom. The molecule has 0 bridgehead atoms. The Kier molecular flexibility index (Phi) is 6.05. The molecule has 1 rings (SSSR count). The van der Waals surface area contributed by atoms with Crippen molar-refractivity contribution in [3.8, 4) is 0 Å². The maximum atomic E-state index is 13.8. The number of alkyl halides is 21. The summed E-state index contributed by atoms with van der Waals surface area (Å²) in [7, 11) is 0. The van der Waals surface area contributed by atoms with Crippen molar-refractivity contribution < 1.29 is 97.0 Å². The van der Waals surface area contributed by atoms with Gasteiger partial charge in [0.25, 0.3) is 0 Å². The van der Waals surface area contributed by atoms with Crippen molar-refractivity contribution in [2.24, 2.45) is 0 Å². The first-order valence-electron chi connectivity index (χ1n) is 6.80. The van der Waals surface area contributed by atoms with Gasteiger partial charge in [-0.15, -0.1) is 0 Å². The number of hydroxylamine groups is 2. The molecule has 0 N–H and O–H groups in total. The van der Waals surface area contributed by atoms with Gasteiger partial charge in [-0.25, -0.2) is 9.23 Å². The number of rotatable bonds is 6. The first-order valence-corrected chi connectivity index (χ1v) is 6.80. The van der Waals surface area contributed by atoms with Crippen LogP contribution in [0.3, 0.4) is 0 Å². The third kappa shape index (κ3) is 3.38. The Labute approximate surface area is 163 Å². The Hall–Kier alpha value is -1.55. The van der Waals surface area contributed by atoms with Gasteiger partial charge in [-0.05, 0) is 5.06 Å². The zero-order valence-electron chi connectivity index (χ0n) is 13.8. The molecular formula is C10F21NO. The second-order valence-electron chi connectivity index (χ2n) is 5.94. The molecule has 0 aromatic heterocycles. The highest BCUT2D eigenvalue weighted by Crippen LogP contribution is 2.69. The fourth-order valence-electron chi connectivity index (χ4n) is 1.97. The van der Waals surface area contributed by atoms with Crippen LogP contribution in [0.2, 0.25) is 0 Å². The van der Waals surface area contributed by atoms with Crippen LogP contribution in [-0.4, -0.2) is 65.0 Å². The molecule has 198 valence electrons. The second kappa shape index (κ2) is 6.77. The summed E-state index contributed by atoms with van der Waals surface area (Å²) in [4.78, 5) is 2.02. The van der Waals surface area contributed by atoms with E-state index in [0.717, 1.165) is 0 Å². The number of halogens is 21. The predicted molar refractivity (Wildman–Crippen MR) is 53.5 cm³/mol. The molecule has 33 heavy (non-hydrogen) atoms. The van der Waals surface area contributed by atoms with Crippen molar-refractivity contribution in [3.63, 3.8) is 0 Å². The molecule has 1 saturated heterocycles. The molecule has 23 heteroatoms. The van der Waals surface area contributed by atoms with E-state index >= 15 is 0 Å². The van der Waals surface area contributed by atoms with E-state index in [1.165, 1.54) is 0 Å². The molecule has 1 heterocycles. The Bertz CT molecular complexity index is 760. The van der Waals surface area contributed by atoms with Crippen LogP contribution in [0.1, 0.15) is 0 Å². The summed E-state index contributed by atoms with van der Waals surface area (Å²) in [5, 5.41) is -3.62. The van der Waals surface area contributed by atoms with Gasteiger partial charge < -0.3 is 0 Å². The lowest BCUT2D eigenvalue weighted by Crippen LogP contribution is -2.72. The van der Waals surface area contributed by atoms with E-state index in [2.05, 4.69) is 0 Å². The maximum absolute atomic E-state index is 13.8. The molecule has 2 unspecified atom stereocenters. The SMILES string of the molecule is FC(F)(F)C(F)(F)C(F)(F)C(F)(F)C(F)(F)N1O[C@@]1(F)C(F)(C(F)(F)F)C(F)(F)C(F)(F)F. The minimum atomic E-state index is -8.47. The maximum Gasteiger partial charge on any atom is 0.460 e. The first-order chi connectivity index (χ1) is 13.8. The van der Waals surface area contributed by atoms with Gasteiger partial charge in [-0.1, -0.05) is 0 Å². The fraction of sp³-hybridized carbons (Fsp3) is 1.00. The van der Waals surface area contributed by atoms with Gasteiger partial charge in [0.15, 0.2) is 0 Å². The Balaban J connectivity index is 3.71. The molecule has 0 aromatic rings. The minimum absolute atomic E-state index is 2.02. The second-order valence-corrected chi connectivity index (χ2v) is 5.94. The summed E-state index contributed by atoms with van der Waals surface area (Å²) in [6.07, 6.45) is -23.8. The molecule has 1 fully saturated rings. The van der Waals surface area contributed by atoms with Crippen LogP contribution < -0.4 is 0 Å². The zero-order chi connectivity index (χ0) is 27.3. The number of hydrogen-bond acceptors (Lipinski definition) is 2. The highest BCUT2D eigenvalue weighted by Gasteiger charge is 3.01. The first kappa shape index (κ1) is 29.5. The van der Waals surface area contributed by atoms with E-state index in [9.17, 15) is 92.2 Å². The summed E-state index contributed by atoms with van der Waals surface area (Å²) in [5.74, 6) is -40.6. The van der Waals surface area contributed by atoms with Gasteiger partial charge in [-0.2, -0.15) is 87.8 Å². The van der Waals surface area contributed by atoms with E-state index in [1.54, 1.807) is 0 Å². The van der Waals surface area contributed by atoms with Crippen LogP contribution in [0.25, 0.3) is 0 Å². The summed E-state index contributed by atoms with van der Waals surface area (Å²) in [6.45, 7) is 0. The lowest BCUT2D eigenvalue weighted by atomic mass is 9.92. The van der Waals surface area contributed by atoms with Gasteiger partial charge in [0.05, 0.1) is 0 Å². The molecular weight excluding hydrogens is 549 g/mol. The average molecular weight is 549 g/mol. The standard InChI is InChI=1S/C10F21NO/c11-1(6(20,21)22,2(12,13)7(23,24)25)10(31)32(33-10)9(29,30)5(18,19)3(14,15)4(16,17)8(26,27)28/t1?,10-,32?/m1/s1. The minimum Gasteiger partial charge on any atom is -0.227 e. The molecule has 1 aliphatic heterocycles. The van der Waals surface area contributed by atoms with Crippen molar-refractivity contribution in [2.75, 3.05) is 0 Å². The highest BCUT2D eigenvalue weighted by molar-refractivity contribution is 5.17. The predicted octanol–water partition coefficient (Wildman–Crippen LogP) is 6.39. The van der Waals surface area contributed by atoms with Crippen LogP contribution in [0.5, 0.6) is 0 Å². The van der Waals surface area contributed by atoms with Crippen molar-refractivity contribution in [2.45, 2.75) is 59.9 Å². The van der Waals surface area contributed by atoms with Gasteiger partial charge in [0.2, 0.25) is 0 Å². The number of hydrogen-bond donors (Lipinski definition) is 0. The third-order valence-electron chi connectivity index (χ3n) is 3.82. The number of nitrogens with zero attached hydrogens (tertiary/aromatic N) is 1. The molecule has 0 aliphatic carbocycles. The molecule has 3 atom stereocenters. The Morgan fingerprint density at radius 2 is 0.758 bits per heavy atom. The smallest absolute Gasteiger partial charge is 0.227 e. The quantitative estimate of drug-likeness (QED) is 0.217. The summed E-state index contributed by atoms with van der Waals surface area (Å²) in [6, 6.07) is -8.05. The molecule has 0 spiro atoms. The van der Waals surface area contributed by atoms with Gasteiger partial charge in [0.1, 0.15) is 0 Å². The van der Waals surface area contributed by atoms with Gasteiger partial charge in [0, 0.05) is 0 Å². The monoisotopic (exact) mass is 549 g/mol. The molecule has 0 aromatic carbocycles. The van der Waals surface area contributed by atoms with Crippen LogP contribution in [-0.2, 0) is 4.84 Å². The van der Waals surface area contributed by atoms with Crippen molar-refractivity contribution in [1.82, 2.24) is 5.06 Å². The topological polar surface area (TPSA) is 15.5 Å². The van der Waals surface area contributed by atoms with Crippen LogP contribution in [0.4, 0.5) is 92.2 Å². The van der Waals surface area contributed by atoms with E-state index in [1.807, 2.05) is 4.84 Å². The van der Waals surface area contributed by atoms with E-state index < -0.39 is 65.0 Å². The van der Waals surface area contributed by atoms with Crippen LogP contribution in [0, 0.1) is 0 Å². The van der Waals surface area contributed by atoms with Crippen molar-refractivity contribution in [3.05, 3.63) is 0 Å². The summed E-state index contributed by atoms with van der Waals surface area (Å²) < 4.78 is 268. The van der Waals surface area contributed by atoms with E-state index in [0.29, 0.717) is 0 Å². The van der Waals surface area contributed by atoms with E-state index in [-0.39, 0.29) is 0 Å². The lowest BCUT2D eigenvalue weighted by Gasteiger charge is -2.38.